The van der Waals surface area contributed by atoms with E-state index in [1.54, 1.807) is 0 Å². The SMILES string of the molecule is Cc1ccc(S(=O)(=O)NCc2cccnc2OCC(F)(F)F)cc1C(F)(F)F. The number of alkyl halides is 6. The molecule has 0 saturated heterocycles. The van der Waals surface area contributed by atoms with Crippen molar-refractivity contribution in [3.05, 3.63) is 53.2 Å². The van der Waals surface area contributed by atoms with Gasteiger partial charge in [-0.25, -0.2) is 18.1 Å². The Hall–Kier alpha value is -2.34. The number of halogens is 6. The molecule has 1 heterocycles. The Labute approximate surface area is 156 Å². The van der Waals surface area contributed by atoms with Crippen LogP contribution >= 0.6 is 0 Å². The Kier molecular flexibility index (Phi) is 6.24. The summed E-state index contributed by atoms with van der Waals surface area (Å²) in [5.74, 6) is -0.442. The van der Waals surface area contributed by atoms with Crippen molar-refractivity contribution in [2.24, 2.45) is 0 Å². The van der Waals surface area contributed by atoms with Gasteiger partial charge in [0.25, 0.3) is 0 Å². The van der Waals surface area contributed by atoms with E-state index in [1.165, 1.54) is 19.1 Å². The van der Waals surface area contributed by atoms with Gasteiger partial charge in [0.15, 0.2) is 6.61 Å². The third kappa shape index (κ3) is 5.83. The maximum absolute atomic E-state index is 13.0. The minimum Gasteiger partial charge on any atom is -0.468 e. The Balaban J connectivity index is 2.21. The van der Waals surface area contributed by atoms with Gasteiger partial charge in [0.2, 0.25) is 15.9 Å². The van der Waals surface area contributed by atoms with Crippen LogP contribution in [0.25, 0.3) is 0 Å². The van der Waals surface area contributed by atoms with Crippen molar-refractivity contribution in [1.82, 2.24) is 9.71 Å². The first kappa shape index (κ1) is 22.0. The van der Waals surface area contributed by atoms with Crippen molar-refractivity contribution >= 4 is 10.0 Å². The summed E-state index contributed by atoms with van der Waals surface area (Å²) in [6, 6.07) is 5.12. The van der Waals surface area contributed by atoms with Gasteiger partial charge in [-0.2, -0.15) is 26.3 Å². The number of rotatable bonds is 6. The third-order valence-electron chi connectivity index (χ3n) is 3.50. The molecule has 12 heteroatoms. The number of aryl methyl sites for hydroxylation is 1. The molecular weight excluding hydrogens is 414 g/mol. The van der Waals surface area contributed by atoms with Gasteiger partial charge in [-0.05, 0) is 30.7 Å². The lowest BCUT2D eigenvalue weighted by atomic mass is 10.1. The first-order chi connectivity index (χ1) is 12.8. The highest BCUT2D eigenvalue weighted by molar-refractivity contribution is 7.89. The molecule has 0 radical (unpaired) electrons. The molecule has 0 fully saturated rings. The Morgan fingerprint density at radius 3 is 2.39 bits per heavy atom. The number of pyridine rings is 1. The first-order valence-corrected chi connectivity index (χ1v) is 9.09. The van der Waals surface area contributed by atoms with Crippen LogP contribution in [0.5, 0.6) is 5.88 Å². The van der Waals surface area contributed by atoms with E-state index in [0.29, 0.717) is 6.07 Å². The third-order valence-corrected chi connectivity index (χ3v) is 4.90. The molecule has 0 aliphatic carbocycles. The smallest absolute Gasteiger partial charge is 0.422 e. The fourth-order valence-electron chi connectivity index (χ4n) is 2.17. The standard InChI is InChI=1S/C16H14F6N2O3S/c1-10-4-5-12(7-13(10)16(20,21)22)28(25,26)24-8-11-3-2-6-23-14(11)27-9-15(17,18)19/h2-7,24H,8-9H2,1H3. The zero-order valence-corrected chi connectivity index (χ0v) is 15.0. The molecule has 0 unspecified atom stereocenters. The summed E-state index contributed by atoms with van der Waals surface area (Å²) in [6.45, 7) is -0.970. The van der Waals surface area contributed by atoms with Crippen LogP contribution in [-0.4, -0.2) is 26.2 Å². The Morgan fingerprint density at radius 2 is 1.79 bits per heavy atom. The van der Waals surface area contributed by atoms with Gasteiger partial charge >= 0.3 is 12.4 Å². The quantitative estimate of drug-likeness (QED) is 0.711. The van der Waals surface area contributed by atoms with Crippen LogP contribution in [0.2, 0.25) is 0 Å². The molecule has 0 amide bonds. The lowest BCUT2D eigenvalue weighted by Gasteiger charge is -2.14. The lowest BCUT2D eigenvalue weighted by molar-refractivity contribution is -0.154. The molecule has 1 aromatic heterocycles. The molecule has 0 saturated carbocycles. The number of aromatic nitrogens is 1. The summed E-state index contributed by atoms with van der Waals surface area (Å²) in [6.07, 6.45) is -8.21. The average Bonchev–Trinajstić information content (AvgIpc) is 2.57. The van der Waals surface area contributed by atoms with Gasteiger partial charge in [0.05, 0.1) is 10.5 Å². The van der Waals surface area contributed by atoms with Crippen molar-refractivity contribution in [3.63, 3.8) is 0 Å². The van der Waals surface area contributed by atoms with E-state index < -0.39 is 51.9 Å². The molecule has 1 aromatic carbocycles. The van der Waals surface area contributed by atoms with Crippen LogP contribution in [0.15, 0.2) is 41.4 Å². The van der Waals surface area contributed by atoms with Crippen LogP contribution < -0.4 is 9.46 Å². The summed E-state index contributed by atoms with van der Waals surface area (Å²) in [5, 5.41) is 0. The van der Waals surface area contributed by atoms with Crippen molar-refractivity contribution in [2.75, 3.05) is 6.61 Å². The highest BCUT2D eigenvalue weighted by atomic mass is 32.2. The molecule has 0 aliphatic rings. The predicted molar refractivity (Wildman–Crippen MR) is 86.0 cm³/mol. The summed E-state index contributed by atoms with van der Waals surface area (Å²) in [7, 11) is -4.37. The number of nitrogens with one attached hydrogen (secondary N) is 1. The molecule has 28 heavy (non-hydrogen) atoms. The Bertz CT molecular complexity index is 942. The van der Waals surface area contributed by atoms with Gasteiger partial charge in [-0.15, -0.1) is 0 Å². The fourth-order valence-corrected chi connectivity index (χ4v) is 3.20. The second-order valence-corrected chi connectivity index (χ2v) is 7.44. The average molecular weight is 428 g/mol. The van der Waals surface area contributed by atoms with Gasteiger partial charge in [0, 0.05) is 18.3 Å². The maximum atomic E-state index is 13.0. The van der Waals surface area contributed by atoms with Crippen LogP contribution in [0.1, 0.15) is 16.7 Å². The van der Waals surface area contributed by atoms with Crippen molar-refractivity contribution in [3.8, 4) is 5.88 Å². The molecule has 2 aromatic rings. The number of ether oxygens (including phenoxy) is 1. The molecule has 154 valence electrons. The van der Waals surface area contributed by atoms with E-state index in [4.69, 9.17) is 0 Å². The summed E-state index contributed by atoms with van der Waals surface area (Å²) in [4.78, 5) is 2.98. The van der Waals surface area contributed by atoms with Gasteiger partial charge in [-0.3, -0.25) is 0 Å². The second kappa shape index (κ2) is 7.95. The molecule has 0 bridgehead atoms. The van der Waals surface area contributed by atoms with E-state index in [2.05, 4.69) is 9.72 Å². The predicted octanol–water partition coefficient (Wildman–Crippen LogP) is 3.83. The minimum atomic E-state index is -4.74. The van der Waals surface area contributed by atoms with Crippen molar-refractivity contribution in [2.45, 2.75) is 30.7 Å². The topological polar surface area (TPSA) is 68.3 Å². The number of hydrogen-bond donors (Lipinski definition) is 1. The molecule has 0 spiro atoms. The van der Waals surface area contributed by atoms with Gasteiger partial charge < -0.3 is 4.74 Å². The lowest BCUT2D eigenvalue weighted by Crippen LogP contribution is -2.25. The minimum absolute atomic E-state index is 0.0153. The Morgan fingerprint density at radius 1 is 1.11 bits per heavy atom. The molecule has 0 atom stereocenters. The number of nitrogens with zero attached hydrogens (tertiary/aromatic N) is 1. The first-order valence-electron chi connectivity index (χ1n) is 7.60. The van der Waals surface area contributed by atoms with E-state index in [1.807, 2.05) is 4.72 Å². The van der Waals surface area contributed by atoms with Crippen LogP contribution in [-0.2, 0) is 22.7 Å². The van der Waals surface area contributed by atoms with Crippen molar-refractivity contribution < 1.29 is 39.5 Å². The fraction of sp³-hybridized carbons (Fsp3) is 0.312. The van der Waals surface area contributed by atoms with Gasteiger partial charge in [0.1, 0.15) is 0 Å². The summed E-state index contributed by atoms with van der Waals surface area (Å²) >= 11 is 0. The molecular formula is C16H14F6N2O3S. The zero-order valence-electron chi connectivity index (χ0n) is 14.2. The van der Waals surface area contributed by atoms with Crippen molar-refractivity contribution in [1.29, 1.82) is 0 Å². The van der Waals surface area contributed by atoms with Crippen LogP contribution in [0, 0.1) is 6.92 Å². The maximum Gasteiger partial charge on any atom is 0.422 e. The zero-order chi connectivity index (χ0) is 21.2. The summed E-state index contributed by atoms with van der Waals surface area (Å²) in [5.41, 5.74) is -1.27. The van der Waals surface area contributed by atoms with E-state index in [-0.39, 0.29) is 11.1 Å². The normalized spacial score (nSPS) is 12.8. The van der Waals surface area contributed by atoms with Crippen LogP contribution in [0.4, 0.5) is 26.3 Å². The largest absolute Gasteiger partial charge is 0.468 e. The second-order valence-electron chi connectivity index (χ2n) is 5.67. The number of benzene rings is 1. The highest BCUT2D eigenvalue weighted by Crippen LogP contribution is 2.33. The van der Waals surface area contributed by atoms with E-state index in [0.717, 1.165) is 18.3 Å². The van der Waals surface area contributed by atoms with Gasteiger partial charge in [-0.1, -0.05) is 12.1 Å². The van der Waals surface area contributed by atoms with E-state index >= 15 is 0 Å². The number of sulfonamides is 1. The highest BCUT2D eigenvalue weighted by Gasteiger charge is 2.34. The molecule has 5 nitrogen and oxygen atoms in total. The molecule has 2 rings (SSSR count). The van der Waals surface area contributed by atoms with Crippen LogP contribution in [0.3, 0.4) is 0 Å². The van der Waals surface area contributed by atoms with E-state index in [9.17, 15) is 34.8 Å². The molecule has 1 N–H and O–H groups in total. The summed E-state index contributed by atoms with van der Waals surface area (Å²) < 4.78 is 107. The number of hydrogen-bond acceptors (Lipinski definition) is 4. The molecule has 0 aliphatic heterocycles. The monoisotopic (exact) mass is 428 g/mol.